The molecule has 1 unspecified atom stereocenters. The molecule has 30 heavy (non-hydrogen) atoms. The number of nitrogens with zero attached hydrogens (tertiary/aromatic N) is 2. The lowest BCUT2D eigenvalue weighted by molar-refractivity contribution is -0.137. The molecule has 1 atom stereocenters. The number of aryl methyl sites for hydroxylation is 4. The Morgan fingerprint density at radius 3 is 2.40 bits per heavy atom. The van der Waals surface area contributed by atoms with Crippen LogP contribution in [0.1, 0.15) is 47.4 Å². The van der Waals surface area contributed by atoms with E-state index in [9.17, 15) is 13.2 Å². The highest BCUT2D eigenvalue weighted by Gasteiger charge is 2.30. The molecule has 2 nitrogen and oxygen atoms in total. The zero-order chi connectivity index (χ0) is 21.6. The normalized spacial score (nSPS) is 17.5. The first kappa shape index (κ1) is 21.0. The van der Waals surface area contributed by atoms with Crippen molar-refractivity contribution in [1.82, 2.24) is 9.47 Å². The molecular weight excluding hydrogens is 385 g/mol. The molecule has 0 radical (unpaired) electrons. The van der Waals surface area contributed by atoms with Crippen LogP contribution in [0.5, 0.6) is 0 Å². The predicted molar refractivity (Wildman–Crippen MR) is 116 cm³/mol. The van der Waals surface area contributed by atoms with Crippen molar-refractivity contribution in [3.63, 3.8) is 0 Å². The van der Waals surface area contributed by atoms with Gasteiger partial charge in [-0.2, -0.15) is 13.2 Å². The molecule has 0 saturated heterocycles. The first-order valence-electron chi connectivity index (χ1n) is 10.7. The second kappa shape index (κ2) is 7.77. The van der Waals surface area contributed by atoms with Gasteiger partial charge in [0.2, 0.25) is 0 Å². The first-order chi connectivity index (χ1) is 14.2. The van der Waals surface area contributed by atoms with Gasteiger partial charge in [0, 0.05) is 42.1 Å². The van der Waals surface area contributed by atoms with E-state index >= 15 is 0 Å². The number of hydrogen-bond donors (Lipinski definition) is 0. The molecular formula is C25H29F3N2. The molecule has 0 amide bonds. The lowest BCUT2D eigenvalue weighted by Gasteiger charge is -2.33. The van der Waals surface area contributed by atoms with Gasteiger partial charge < -0.3 is 4.57 Å². The number of halogens is 3. The Bertz CT molecular complexity index is 1060. The van der Waals surface area contributed by atoms with Crippen LogP contribution in [0.15, 0.2) is 36.4 Å². The number of aromatic nitrogens is 1. The van der Waals surface area contributed by atoms with Crippen molar-refractivity contribution in [2.45, 2.75) is 65.8 Å². The molecule has 0 aliphatic carbocycles. The molecule has 3 aromatic rings. The summed E-state index contributed by atoms with van der Waals surface area (Å²) >= 11 is 0. The topological polar surface area (TPSA) is 8.17 Å². The van der Waals surface area contributed by atoms with Crippen LogP contribution in [-0.4, -0.2) is 22.1 Å². The van der Waals surface area contributed by atoms with E-state index in [1.54, 1.807) is 12.1 Å². The molecule has 4 rings (SSSR count). The van der Waals surface area contributed by atoms with Crippen LogP contribution in [0.2, 0.25) is 0 Å². The third-order valence-electron chi connectivity index (χ3n) is 6.51. The number of benzene rings is 2. The summed E-state index contributed by atoms with van der Waals surface area (Å²) < 4.78 is 41.0. The Morgan fingerprint density at radius 2 is 1.77 bits per heavy atom. The van der Waals surface area contributed by atoms with Crippen molar-refractivity contribution in [3.8, 4) is 0 Å². The third kappa shape index (κ3) is 3.76. The number of rotatable bonds is 4. The molecule has 0 saturated carbocycles. The maximum atomic E-state index is 12.9. The maximum absolute atomic E-state index is 12.9. The first-order valence-corrected chi connectivity index (χ1v) is 10.7. The van der Waals surface area contributed by atoms with E-state index in [0.717, 1.165) is 31.6 Å². The summed E-state index contributed by atoms with van der Waals surface area (Å²) in [6, 6.07) is 10.6. The molecule has 2 aromatic carbocycles. The standard InChI is InChI=1S/C25H29F3N2/c1-5-29-15-21-22(14-18(29)4)30(23-13-16(2)12-17(3)24(21)23)11-10-19-6-8-20(9-7-19)25(26,27)28/h6-9,12-13,18H,5,10-11,14-15H2,1-4H3. The van der Waals surface area contributed by atoms with Gasteiger partial charge in [-0.25, -0.2) is 0 Å². The Kier molecular flexibility index (Phi) is 5.43. The Labute approximate surface area is 176 Å². The highest BCUT2D eigenvalue weighted by Crippen LogP contribution is 2.36. The zero-order valence-electron chi connectivity index (χ0n) is 18.1. The summed E-state index contributed by atoms with van der Waals surface area (Å²) in [6.07, 6.45) is -2.57. The van der Waals surface area contributed by atoms with Gasteiger partial charge in [0.25, 0.3) is 0 Å². The Hall–Kier alpha value is -2.27. The lowest BCUT2D eigenvalue weighted by atomic mass is 9.97. The predicted octanol–water partition coefficient (Wildman–Crippen LogP) is 6.29. The number of likely N-dealkylation sites (N-methyl/N-ethyl adjacent to an activating group) is 1. The minimum Gasteiger partial charge on any atom is -0.344 e. The van der Waals surface area contributed by atoms with Crippen molar-refractivity contribution in [3.05, 3.63) is 69.9 Å². The van der Waals surface area contributed by atoms with E-state index in [1.807, 2.05) is 0 Å². The highest BCUT2D eigenvalue weighted by molar-refractivity contribution is 5.89. The number of hydrogen-bond acceptors (Lipinski definition) is 1. The molecule has 0 N–H and O–H groups in total. The Morgan fingerprint density at radius 1 is 1.07 bits per heavy atom. The maximum Gasteiger partial charge on any atom is 0.416 e. The fraction of sp³-hybridized carbons (Fsp3) is 0.440. The van der Waals surface area contributed by atoms with Crippen molar-refractivity contribution >= 4 is 10.9 Å². The molecule has 0 bridgehead atoms. The van der Waals surface area contributed by atoms with Gasteiger partial charge in [-0.3, -0.25) is 4.90 Å². The quantitative estimate of drug-likeness (QED) is 0.487. The highest BCUT2D eigenvalue weighted by atomic mass is 19.4. The minimum atomic E-state index is -4.29. The summed E-state index contributed by atoms with van der Waals surface area (Å²) in [5.41, 5.74) is 6.97. The molecule has 1 aliphatic heterocycles. The van der Waals surface area contributed by atoms with Gasteiger partial charge in [0.1, 0.15) is 0 Å². The van der Waals surface area contributed by atoms with Crippen LogP contribution in [-0.2, 0) is 32.1 Å². The summed E-state index contributed by atoms with van der Waals surface area (Å²) in [5, 5.41) is 1.35. The van der Waals surface area contributed by atoms with E-state index in [2.05, 4.69) is 49.3 Å². The number of alkyl halides is 3. The van der Waals surface area contributed by atoms with E-state index in [0.29, 0.717) is 12.5 Å². The van der Waals surface area contributed by atoms with E-state index in [-0.39, 0.29) is 0 Å². The lowest BCUT2D eigenvalue weighted by Crippen LogP contribution is -2.38. The Balaban J connectivity index is 1.71. The molecule has 0 fully saturated rings. The molecule has 2 heterocycles. The van der Waals surface area contributed by atoms with Crippen LogP contribution in [0, 0.1) is 13.8 Å². The van der Waals surface area contributed by atoms with Gasteiger partial charge in [-0.1, -0.05) is 25.1 Å². The van der Waals surface area contributed by atoms with E-state index < -0.39 is 11.7 Å². The van der Waals surface area contributed by atoms with Gasteiger partial charge in [0.15, 0.2) is 0 Å². The van der Waals surface area contributed by atoms with Crippen LogP contribution in [0.25, 0.3) is 10.9 Å². The summed E-state index contributed by atoms with van der Waals surface area (Å²) in [7, 11) is 0. The average Bonchev–Trinajstić information content (AvgIpc) is 2.97. The van der Waals surface area contributed by atoms with Gasteiger partial charge >= 0.3 is 6.18 Å². The zero-order valence-corrected chi connectivity index (χ0v) is 18.1. The largest absolute Gasteiger partial charge is 0.416 e. The SMILES string of the molecule is CCN1Cc2c(n(CCc3ccc(C(F)(F)F)cc3)c3cc(C)cc(C)c23)CC1C. The number of fused-ring (bicyclic) bond motifs is 3. The smallest absolute Gasteiger partial charge is 0.344 e. The average molecular weight is 415 g/mol. The monoisotopic (exact) mass is 414 g/mol. The fourth-order valence-corrected chi connectivity index (χ4v) is 4.95. The second-order valence-electron chi connectivity index (χ2n) is 8.61. The van der Waals surface area contributed by atoms with Crippen LogP contribution in [0.4, 0.5) is 13.2 Å². The summed E-state index contributed by atoms with van der Waals surface area (Å²) in [6.45, 7) is 11.6. The molecule has 1 aromatic heterocycles. The van der Waals surface area contributed by atoms with Gasteiger partial charge in [-0.05, 0) is 74.2 Å². The summed E-state index contributed by atoms with van der Waals surface area (Å²) in [4.78, 5) is 2.52. The van der Waals surface area contributed by atoms with Crippen LogP contribution < -0.4 is 0 Å². The van der Waals surface area contributed by atoms with Gasteiger partial charge in [-0.15, -0.1) is 0 Å². The van der Waals surface area contributed by atoms with E-state index in [1.165, 1.54) is 45.4 Å². The molecule has 0 spiro atoms. The van der Waals surface area contributed by atoms with Crippen molar-refractivity contribution in [2.24, 2.45) is 0 Å². The molecule has 5 heteroatoms. The van der Waals surface area contributed by atoms with Crippen LogP contribution >= 0.6 is 0 Å². The van der Waals surface area contributed by atoms with Crippen molar-refractivity contribution < 1.29 is 13.2 Å². The molecule has 1 aliphatic rings. The van der Waals surface area contributed by atoms with Crippen molar-refractivity contribution in [2.75, 3.05) is 6.54 Å². The minimum absolute atomic E-state index is 0.484. The third-order valence-corrected chi connectivity index (χ3v) is 6.51. The summed E-state index contributed by atoms with van der Waals surface area (Å²) in [5.74, 6) is 0. The molecule has 160 valence electrons. The second-order valence-corrected chi connectivity index (χ2v) is 8.61. The van der Waals surface area contributed by atoms with Gasteiger partial charge in [0.05, 0.1) is 5.56 Å². The van der Waals surface area contributed by atoms with Crippen LogP contribution in [0.3, 0.4) is 0 Å². The fourth-order valence-electron chi connectivity index (χ4n) is 4.95. The van der Waals surface area contributed by atoms with Crippen molar-refractivity contribution in [1.29, 1.82) is 0 Å². The van der Waals surface area contributed by atoms with E-state index in [4.69, 9.17) is 0 Å².